The summed E-state index contributed by atoms with van der Waals surface area (Å²) >= 11 is 0. The van der Waals surface area contributed by atoms with Crippen LogP contribution in [-0.4, -0.2) is 30.1 Å². The standard InChI is InChI=1S/C16H32N2/c1-14-8-7-11-16(12-17)18(14)13-15-9-5-3-2-4-6-10-15/h14-16H,2-13,17H2,1H3. The summed E-state index contributed by atoms with van der Waals surface area (Å²) in [6.45, 7) is 4.59. The van der Waals surface area contributed by atoms with Crippen molar-refractivity contribution >= 4 is 0 Å². The summed E-state index contributed by atoms with van der Waals surface area (Å²) in [5.74, 6) is 0.944. The highest BCUT2D eigenvalue weighted by Crippen LogP contribution is 2.28. The molecule has 106 valence electrons. The molecule has 0 amide bonds. The van der Waals surface area contributed by atoms with Crippen LogP contribution >= 0.6 is 0 Å². The topological polar surface area (TPSA) is 29.3 Å². The van der Waals surface area contributed by atoms with Gasteiger partial charge in [-0.15, -0.1) is 0 Å². The van der Waals surface area contributed by atoms with Gasteiger partial charge in [-0.3, -0.25) is 4.90 Å². The fraction of sp³-hybridized carbons (Fsp3) is 1.00. The lowest BCUT2D eigenvalue weighted by Crippen LogP contribution is -2.50. The molecule has 0 aromatic heterocycles. The molecular weight excluding hydrogens is 220 g/mol. The molecule has 0 spiro atoms. The van der Waals surface area contributed by atoms with E-state index >= 15 is 0 Å². The summed E-state index contributed by atoms with van der Waals surface area (Å²) in [5.41, 5.74) is 5.98. The molecule has 0 aromatic rings. The first-order chi connectivity index (χ1) is 8.81. The van der Waals surface area contributed by atoms with Crippen LogP contribution in [0.3, 0.4) is 0 Å². The smallest absolute Gasteiger partial charge is 0.0221 e. The Morgan fingerprint density at radius 3 is 2.22 bits per heavy atom. The van der Waals surface area contributed by atoms with Crippen molar-refractivity contribution in [2.75, 3.05) is 13.1 Å². The molecule has 2 fully saturated rings. The number of nitrogens with two attached hydrogens (primary N) is 1. The van der Waals surface area contributed by atoms with Gasteiger partial charge in [0.1, 0.15) is 0 Å². The molecule has 0 radical (unpaired) electrons. The highest BCUT2D eigenvalue weighted by molar-refractivity contribution is 4.84. The quantitative estimate of drug-likeness (QED) is 0.832. The van der Waals surface area contributed by atoms with E-state index in [0.29, 0.717) is 6.04 Å². The van der Waals surface area contributed by atoms with E-state index in [1.807, 2.05) is 0 Å². The zero-order valence-corrected chi connectivity index (χ0v) is 12.2. The summed E-state index contributed by atoms with van der Waals surface area (Å²) in [7, 11) is 0. The molecule has 2 unspecified atom stereocenters. The molecule has 0 aromatic carbocycles. The Kier molecular flexibility index (Phi) is 5.97. The zero-order chi connectivity index (χ0) is 12.8. The van der Waals surface area contributed by atoms with E-state index < -0.39 is 0 Å². The number of nitrogens with zero attached hydrogens (tertiary/aromatic N) is 1. The largest absolute Gasteiger partial charge is 0.329 e. The van der Waals surface area contributed by atoms with Gasteiger partial charge in [-0.25, -0.2) is 0 Å². The van der Waals surface area contributed by atoms with Crippen molar-refractivity contribution in [3.63, 3.8) is 0 Å². The Morgan fingerprint density at radius 1 is 0.889 bits per heavy atom. The second kappa shape index (κ2) is 7.49. The van der Waals surface area contributed by atoms with E-state index in [-0.39, 0.29) is 0 Å². The Hall–Kier alpha value is -0.0800. The van der Waals surface area contributed by atoms with Crippen LogP contribution < -0.4 is 5.73 Å². The van der Waals surface area contributed by atoms with E-state index in [1.165, 1.54) is 70.8 Å². The molecule has 1 aliphatic heterocycles. The summed E-state index contributed by atoms with van der Waals surface area (Å²) in [4.78, 5) is 2.75. The maximum absolute atomic E-state index is 5.98. The van der Waals surface area contributed by atoms with Gasteiger partial charge in [-0.05, 0) is 38.5 Å². The normalized spacial score (nSPS) is 33.0. The molecule has 2 rings (SSSR count). The van der Waals surface area contributed by atoms with Crippen LogP contribution in [0.5, 0.6) is 0 Å². The molecule has 2 atom stereocenters. The summed E-state index contributed by atoms with van der Waals surface area (Å²) in [6, 6.07) is 1.43. The summed E-state index contributed by atoms with van der Waals surface area (Å²) in [5, 5.41) is 0. The Bertz CT molecular complexity index is 221. The number of likely N-dealkylation sites (tertiary alicyclic amines) is 1. The van der Waals surface area contributed by atoms with Crippen molar-refractivity contribution in [1.29, 1.82) is 0 Å². The lowest BCUT2D eigenvalue weighted by Gasteiger charge is -2.42. The van der Waals surface area contributed by atoms with Gasteiger partial charge in [0.25, 0.3) is 0 Å². The van der Waals surface area contributed by atoms with Gasteiger partial charge in [0.05, 0.1) is 0 Å². The average molecular weight is 252 g/mol. The lowest BCUT2D eigenvalue weighted by atomic mass is 9.88. The number of hydrogen-bond acceptors (Lipinski definition) is 2. The van der Waals surface area contributed by atoms with Crippen LogP contribution in [0.2, 0.25) is 0 Å². The first-order valence-corrected chi connectivity index (χ1v) is 8.27. The maximum Gasteiger partial charge on any atom is 0.0221 e. The number of hydrogen-bond donors (Lipinski definition) is 1. The van der Waals surface area contributed by atoms with Crippen LogP contribution in [-0.2, 0) is 0 Å². The molecule has 2 aliphatic rings. The first-order valence-electron chi connectivity index (χ1n) is 8.27. The van der Waals surface area contributed by atoms with Gasteiger partial charge < -0.3 is 5.73 Å². The highest BCUT2D eigenvalue weighted by atomic mass is 15.2. The number of rotatable bonds is 3. The van der Waals surface area contributed by atoms with E-state index in [4.69, 9.17) is 5.73 Å². The van der Waals surface area contributed by atoms with Crippen LogP contribution in [0.25, 0.3) is 0 Å². The molecule has 2 nitrogen and oxygen atoms in total. The molecule has 1 aliphatic carbocycles. The van der Waals surface area contributed by atoms with Gasteiger partial charge in [0, 0.05) is 25.2 Å². The van der Waals surface area contributed by atoms with Gasteiger partial charge in [0.2, 0.25) is 0 Å². The molecule has 1 saturated heterocycles. The molecule has 18 heavy (non-hydrogen) atoms. The van der Waals surface area contributed by atoms with Crippen LogP contribution in [0.1, 0.15) is 71.1 Å². The van der Waals surface area contributed by atoms with E-state index in [2.05, 4.69) is 11.8 Å². The van der Waals surface area contributed by atoms with Crippen LogP contribution in [0.4, 0.5) is 0 Å². The van der Waals surface area contributed by atoms with Crippen molar-refractivity contribution in [3.05, 3.63) is 0 Å². The predicted molar refractivity (Wildman–Crippen MR) is 78.7 cm³/mol. The summed E-state index contributed by atoms with van der Waals surface area (Å²) in [6.07, 6.45) is 14.3. The van der Waals surface area contributed by atoms with Crippen molar-refractivity contribution in [1.82, 2.24) is 4.90 Å². The molecule has 1 saturated carbocycles. The molecule has 1 heterocycles. The fourth-order valence-electron chi connectivity index (χ4n) is 3.94. The monoisotopic (exact) mass is 252 g/mol. The fourth-order valence-corrected chi connectivity index (χ4v) is 3.94. The molecule has 2 N–H and O–H groups in total. The minimum Gasteiger partial charge on any atom is -0.329 e. The van der Waals surface area contributed by atoms with Gasteiger partial charge >= 0.3 is 0 Å². The van der Waals surface area contributed by atoms with Crippen molar-refractivity contribution in [2.24, 2.45) is 11.7 Å². The SMILES string of the molecule is CC1CCCC(CN)N1CC1CCCCCCC1. The lowest BCUT2D eigenvalue weighted by molar-refractivity contribution is 0.0728. The van der Waals surface area contributed by atoms with Gasteiger partial charge in [-0.1, -0.05) is 38.5 Å². The third-order valence-corrected chi connectivity index (χ3v) is 5.16. The Morgan fingerprint density at radius 2 is 1.56 bits per heavy atom. The zero-order valence-electron chi connectivity index (χ0n) is 12.2. The first kappa shape index (κ1) is 14.3. The third-order valence-electron chi connectivity index (χ3n) is 5.16. The van der Waals surface area contributed by atoms with Crippen molar-refractivity contribution < 1.29 is 0 Å². The minimum absolute atomic E-state index is 0.666. The third kappa shape index (κ3) is 3.96. The van der Waals surface area contributed by atoms with Crippen molar-refractivity contribution in [3.8, 4) is 0 Å². The van der Waals surface area contributed by atoms with E-state index in [9.17, 15) is 0 Å². The molecule has 0 bridgehead atoms. The second-order valence-corrected chi connectivity index (χ2v) is 6.58. The predicted octanol–water partition coefficient (Wildman–Crippen LogP) is 3.55. The molecular formula is C16H32N2. The Labute approximate surface area is 113 Å². The van der Waals surface area contributed by atoms with Gasteiger partial charge in [0.15, 0.2) is 0 Å². The van der Waals surface area contributed by atoms with E-state index in [1.54, 1.807) is 0 Å². The number of piperidine rings is 1. The van der Waals surface area contributed by atoms with E-state index in [0.717, 1.165) is 18.5 Å². The maximum atomic E-state index is 5.98. The van der Waals surface area contributed by atoms with Crippen molar-refractivity contribution in [2.45, 2.75) is 83.2 Å². The molecule has 2 heteroatoms. The van der Waals surface area contributed by atoms with Gasteiger partial charge in [-0.2, -0.15) is 0 Å². The van der Waals surface area contributed by atoms with Crippen LogP contribution in [0.15, 0.2) is 0 Å². The van der Waals surface area contributed by atoms with Crippen LogP contribution in [0, 0.1) is 5.92 Å². The highest BCUT2D eigenvalue weighted by Gasteiger charge is 2.28. The average Bonchev–Trinajstić information content (AvgIpc) is 2.34. The summed E-state index contributed by atoms with van der Waals surface area (Å²) < 4.78 is 0. The Balaban J connectivity index is 1.87. The second-order valence-electron chi connectivity index (χ2n) is 6.58. The minimum atomic E-state index is 0.666.